The first kappa shape index (κ1) is 27.6. The highest BCUT2D eigenvalue weighted by Crippen LogP contribution is 2.32. The van der Waals surface area contributed by atoms with Gasteiger partial charge in [0.15, 0.2) is 17.7 Å². The molecule has 5 aromatic rings. The van der Waals surface area contributed by atoms with Gasteiger partial charge in [0.05, 0.1) is 12.9 Å². The Morgan fingerprint density at radius 1 is 1.07 bits per heavy atom. The van der Waals surface area contributed by atoms with Crippen molar-refractivity contribution in [2.45, 2.75) is 43.4 Å². The number of rotatable bonds is 3. The minimum absolute atomic E-state index is 0.218. The number of ether oxygens (including phenoxy) is 1. The Hall–Kier alpha value is -3.94. The third-order valence-corrected chi connectivity index (χ3v) is 7.23. The van der Waals surface area contributed by atoms with E-state index in [1.807, 2.05) is 36.8 Å². The molecule has 0 saturated carbocycles. The minimum Gasteiger partial charge on any atom is -0.394 e. The number of nitrogens with two attached hydrogens (primary N) is 1. The zero-order valence-corrected chi connectivity index (χ0v) is 22.2. The van der Waals surface area contributed by atoms with Crippen molar-refractivity contribution in [2.24, 2.45) is 0 Å². The quantitative estimate of drug-likeness (QED) is 0.225. The average molecular weight is 547 g/mol. The van der Waals surface area contributed by atoms with Crippen LogP contribution in [0.5, 0.6) is 0 Å². The molecule has 210 valence electrons. The third-order valence-electron chi connectivity index (χ3n) is 7.23. The fourth-order valence-corrected chi connectivity index (χ4v) is 5.07. The van der Waals surface area contributed by atoms with E-state index in [1.165, 1.54) is 53.1 Å². The summed E-state index contributed by atoms with van der Waals surface area (Å²) in [7, 11) is 2.19. The fraction of sp³-hybridized carbons (Fsp3) is 0.357. The van der Waals surface area contributed by atoms with E-state index in [9.17, 15) is 10.2 Å². The highest BCUT2D eigenvalue weighted by atomic mass is 16.6. The number of nitrogen functional groups attached to an aromatic ring is 1. The fourth-order valence-electron chi connectivity index (χ4n) is 5.07. The molecule has 2 fully saturated rings. The molecular weight excluding hydrogens is 512 g/mol. The molecule has 12 nitrogen and oxygen atoms in total. The van der Waals surface area contributed by atoms with E-state index in [4.69, 9.17) is 15.6 Å². The van der Waals surface area contributed by atoms with Crippen LogP contribution in [0.2, 0.25) is 0 Å². The van der Waals surface area contributed by atoms with Gasteiger partial charge in [-0.1, -0.05) is 24.3 Å². The summed E-state index contributed by atoms with van der Waals surface area (Å²) in [5.74, 6) is 0.218. The Bertz CT molecular complexity index is 1480. The summed E-state index contributed by atoms with van der Waals surface area (Å²) in [6.45, 7) is 0.831. The van der Waals surface area contributed by atoms with Crippen molar-refractivity contribution in [3.63, 3.8) is 0 Å². The van der Waals surface area contributed by atoms with Crippen LogP contribution < -0.4 is 5.73 Å². The highest BCUT2D eigenvalue weighted by molar-refractivity contribution is 5.81. The molecule has 6 heterocycles. The molecule has 0 radical (unpaired) electrons. The van der Waals surface area contributed by atoms with E-state index in [2.05, 4.69) is 61.1 Å². The summed E-state index contributed by atoms with van der Waals surface area (Å²) in [6, 6.07) is 15.1. The molecule has 7 rings (SSSR count). The number of para-hydroxylation sites is 1. The third kappa shape index (κ3) is 5.81. The number of H-pyrrole nitrogens is 1. The lowest BCUT2D eigenvalue weighted by molar-refractivity contribution is -0.0511. The molecule has 5 atom stereocenters. The average Bonchev–Trinajstić information content (AvgIpc) is 3.78. The number of nitrogens with one attached hydrogen (secondary N) is 1. The van der Waals surface area contributed by atoms with Crippen molar-refractivity contribution >= 4 is 27.9 Å². The van der Waals surface area contributed by atoms with Crippen LogP contribution in [0.1, 0.15) is 30.7 Å². The standard InChI is InChI=1S/C10H13N5O4.C10H14N2.C8H7N/c11-8-5-9(13-2-12-8)15(3-14-5)10-7(18)6(17)4(1-16)19-10;1-12-7-3-5-10(12)9-4-2-6-11-8-9;1-2-4-8-7(3-1)5-6-9-8/h2-4,6-7,10,16-18H,1H2,(H2,11,12,13);2,4,6,8,10H,3,5,7H2,1H3;1-6,9H/t4-,6-,7-,10-;;/m1../s1. The van der Waals surface area contributed by atoms with E-state index >= 15 is 0 Å². The highest BCUT2D eigenvalue weighted by Gasteiger charge is 2.44. The SMILES string of the molecule is CN1CCCC1c1cccnc1.Nc1ncnc2c1ncn2[C@@H]1O[C@H](CO)[C@@H](O)[C@H]1O.c1ccc2[nH]ccc2c1. The first-order chi connectivity index (χ1) is 19.5. The number of aliphatic hydroxyl groups excluding tert-OH is 3. The molecule has 0 bridgehead atoms. The van der Waals surface area contributed by atoms with Crippen molar-refractivity contribution < 1.29 is 20.1 Å². The summed E-state index contributed by atoms with van der Waals surface area (Å²) < 4.78 is 6.85. The van der Waals surface area contributed by atoms with Gasteiger partial charge in [-0.05, 0) is 55.6 Å². The Morgan fingerprint density at radius 2 is 1.93 bits per heavy atom. The number of fused-ring (bicyclic) bond motifs is 2. The number of hydrogen-bond acceptors (Lipinski definition) is 10. The maximum Gasteiger partial charge on any atom is 0.167 e. The first-order valence-electron chi connectivity index (χ1n) is 13.2. The van der Waals surface area contributed by atoms with E-state index in [-0.39, 0.29) is 5.82 Å². The van der Waals surface area contributed by atoms with Gasteiger partial charge in [0.1, 0.15) is 30.2 Å². The summed E-state index contributed by atoms with van der Waals surface area (Å²) in [4.78, 5) is 21.5. The summed E-state index contributed by atoms with van der Waals surface area (Å²) in [5, 5.41) is 30.0. The van der Waals surface area contributed by atoms with Crippen LogP contribution in [0.15, 0.2) is 73.7 Å². The number of aromatic amines is 1. The summed E-state index contributed by atoms with van der Waals surface area (Å²) >= 11 is 0. The van der Waals surface area contributed by atoms with Crippen LogP contribution in [0.25, 0.3) is 22.1 Å². The number of imidazole rings is 1. The maximum atomic E-state index is 9.95. The predicted octanol–water partition coefficient (Wildman–Crippen LogP) is 2.04. The monoisotopic (exact) mass is 546 g/mol. The minimum atomic E-state index is -1.19. The lowest BCUT2D eigenvalue weighted by atomic mass is 10.1. The van der Waals surface area contributed by atoms with E-state index < -0.39 is 31.1 Å². The zero-order valence-electron chi connectivity index (χ0n) is 22.2. The van der Waals surface area contributed by atoms with Crippen molar-refractivity contribution in [2.75, 3.05) is 25.9 Å². The van der Waals surface area contributed by atoms with Gasteiger partial charge in [-0.15, -0.1) is 0 Å². The molecule has 0 amide bonds. The topological polar surface area (TPSA) is 171 Å². The molecule has 2 aliphatic rings. The van der Waals surface area contributed by atoms with E-state index in [0.29, 0.717) is 17.2 Å². The number of hydrogen-bond donors (Lipinski definition) is 5. The number of pyridine rings is 1. The molecule has 6 N–H and O–H groups in total. The molecule has 2 saturated heterocycles. The normalized spacial score (nSPS) is 24.4. The van der Waals surface area contributed by atoms with Gasteiger partial charge in [0.2, 0.25) is 0 Å². The number of likely N-dealkylation sites (tertiary alicyclic amines) is 1. The summed E-state index contributed by atoms with van der Waals surface area (Å²) in [5.41, 5.74) is 9.01. The largest absolute Gasteiger partial charge is 0.394 e. The van der Waals surface area contributed by atoms with Crippen molar-refractivity contribution in [1.82, 2.24) is 34.4 Å². The van der Waals surface area contributed by atoms with Crippen LogP contribution in [-0.2, 0) is 4.74 Å². The second-order valence-electron chi connectivity index (χ2n) is 9.80. The molecule has 1 aromatic carbocycles. The smallest absolute Gasteiger partial charge is 0.167 e. The van der Waals surface area contributed by atoms with E-state index in [1.54, 1.807) is 0 Å². The predicted molar refractivity (Wildman–Crippen MR) is 150 cm³/mol. The van der Waals surface area contributed by atoms with Crippen LogP contribution >= 0.6 is 0 Å². The second kappa shape index (κ2) is 12.5. The van der Waals surface area contributed by atoms with Crippen LogP contribution in [0, 0.1) is 0 Å². The second-order valence-corrected chi connectivity index (χ2v) is 9.80. The lowest BCUT2D eigenvalue weighted by Gasteiger charge is -2.18. The zero-order chi connectivity index (χ0) is 28.1. The summed E-state index contributed by atoms with van der Waals surface area (Å²) in [6.07, 6.45) is 6.93. The van der Waals surface area contributed by atoms with Crippen molar-refractivity contribution in [1.29, 1.82) is 0 Å². The molecular formula is C28H34N8O4. The first-order valence-corrected chi connectivity index (χ1v) is 13.2. The number of nitrogens with zero attached hydrogens (tertiary/aromatic N) is 6. The van der Waals surface area contributed by atoms with Crippen LogP contribution in [0.3, 0.4) is 0 Å². The van der Waals surface area contributed by atoms with Gasteiger partial charge < -0.3 is 30.8 Å². The van der Waals surface area contributed by atoms with Gasteiger partial charge in [-0.2, -0.15) is 0 Å². The molecule has 0 spiro atoms. The lowest BCUT2D eigenvalue weighted by Crippen LogP contribution is -2.33. The maximum absolute atomic E-state index is 9.95. The number of aromatic nitrogens is 6. The van der Waals surface area contributed by atoms with Crippen LogP contribution in [0.4, 0.5) is 5.82 Å². The van der Waals surface area contributed by atoms with Gasteiger partial charge in [0, 0.05) is 30.1 Å². The van der Waals surface area contributed by atoms with Gasteiger partial charge in [0.25, 0.3) is 0 Å². The Labute approximate surface area is 231 Å². The van der Waals surface area contributed by atoms with Crippen molar-refractivity contribution in [3.05, 3.63) is 79.3 Å². The van der Waals surface area contributed by atoms with Gasteiger partial charge in [-0.3, -0.25) is 14.5 Å². The Morgan fingerprint density at radius 3 is 2.62 bits per heavy atom. The molecule has 2 aliphatic heterocycles. The number of anilines is 1. The molecule has 1 unspecified atom stereocenters. The van der Waals surface area contributed by atoms with Crippen LogP contribution in [-0.4, -0.2) is 88.2 Å². The Kier molecular flexibility index (Phi) is 8.63. The molecule has 0 aliphatic carbocycles. The van der Waals surface area contributed by atoms with Gasteiger partial charge >= 0.3 is 0 Å². The van der Waals surface area contributed by atoms with Crippen molar-refractivity contribution in [3.8, 4) is 0 Å². The number of aliphatic hydroxyl groups is 3. The molecule has 4 aromatic heterocycles. The van der Waals surface area contributed by atoms with Gasteiger partial charge in [-0.25, -0.2) is 15.0 Å². The Balaban J connectivity index is 0.000000131. The molecule has 40 heavy (non-hydrogen) atoms. The van der Waals surface area contributed by atoms with E-state index in [0.717, 1.165) is 0 Å². The number of benzene rings is 1. The molecule has 12 heteroatoms.